The van der Waals surface area contributed by atoms with Gasteiger partial charge in [-0.25, -0.2) is 9.78 Å². The van der Waals surface area contributed by atoms with Crippen molar-refractivity contribution < 1.29 is 9.59 Å². The van der Waals surface area contributed by atoms with Crippen LogP contribution in [0.4, 0.5) is 4.79 Å². The van der Waals surface area contributed by atoms with Crippen molar-refractivity contribution in [3.05, 3.63) is 64.4 Å². The second-order valence-corrected chi connectivity index (χ2v) is 8.46. The molecule has 7 nitrogen and oxygen atoms in total. The van der Waals surface area contributed by atoms with Gasteiger partial charge in [0, 0.05) is 6.54 Å². The van der Waals surface area contributed by atoms with Gasteiger partial charge >= 0.3 is 6.03 Å². The van der Waals surface area contributed by atoms with Crippen LogP contribution in [-0.2, 0) is 11.2 Å². The Morgan fingerprint density at radius 2 is 1.81 bits per heavy atom. The molecule has 162 valence electrons. The SMILES string of the molecule is CCc1ccc(-n2c(SCC(=O)NC(=O)NCC(C)C)nc3ccccc3c2=O)cc1. The van der Waals surface area contributed by atoms with Gasteiger partial charge in [-0.05, 0) is 42.2 Å². The molecule has 3 rings (SSSR count). The first-order chi connectivity index (χ1) is 14.9. The fraction of sp³-hybridized carbons (Fsp3) is 0.304. The molecule has 0 aliphatic rings. The quantitative estimate of drug-likeness (QED) is 0.435. The Labute approximate surface area is 185 Å². The molecule has 0 saturated heterocycles. The summed E-state index contributed by atoms with van der Waals surface area (Å²) in [7, 11) is 0. The molecule has 31 heavy (non-hydrogen) atoms. The van der Waals surface area contributed by atoms with Crippen LogP contribution in [0.5, 0.6) is 0 Å². The molecule has 0 atom stereocenters. The second kappa shape index (κ2) is 10.3. The molecule has 1 aromatic heterocycles. The van der Waals surface area contributed by atoms with Crippen LogP contribution in [0.1, 0.15) is 26.3 Å². The molecule has 0 radical (unpaired) electrons. The number of nitrogens with zero attached hydrogens (tertiary/aromatic N) is 2. The molecular weight excluding hydrogens is 412 g/mol. The Balaban J connectivity index is 1.87. The number of hydrogen-bond acceptors (Lipinski definition) is 5. The van der Waals surface area contributed by atoms with Gasteiger partial charge in [0.15, 0.2) is 5.16 Å². The van der Waals surface area contributed by atoms with Gasteiger partial charge in [-0.2, -0.15) is 0 Å². The molecule has 0 fully saturated rings. The predicted molar refractivity (Wildman–Crippen MR) is 124 cm³/mol. The summed E-state index contributed by atoms with van der Waals surface area (Å²) in [5.41, 5.74) is 2.20. The van der Waals surface area contributed by atoms with Gasteiger partial charge in [0.05, 0.1) is 22.3 Å². The molecule has 0 aliphatic carbocycles. The van der Waals surface area contributed by atoms with Gasteiger partial charge in [0.2, 0.25) is 5.91 Å². The van der Waals surface area contributed by atoms with Crippen molar-refractivity contribution in [3.63, 3.8) is 0 Å². The number of urea groups is 1. The number of amides is 3. The number of carbonyl (C=O) groups excluding carboxylic acids is 2. The van der Waals surface area contributed by atoms with Crippen LogP contribution in [0, 0.1) is 5.92 Å². The highest BCUT2D eigenvalue weighted by molar-refractivity contribution is 7.99. The predicted octanol–water partition coefficient (Wildman–Crippen LogP) is 3.52. The van der Waals surface area contributed by atoms with Gasteiger partial charge in [0.1, 0.15) is 0 Å². The normalized spacial score (nSPS) is 11.0. The lowest BCUT2D eigenvalue weighted by Crippen LogP contribution is -2.41. The molecule has 0 unspecified atom stereocenters. The first-order valence-corrected chi connectivity index (χ1v) is 11.2. The summed E-state index contributed by atoms with van der Waals surface area (Å²) in [5.74, 6) is -0.223. The summed E-state index contributed by atoms with van der Waals surface area (Å²) in [4.78, 5) is 41.9. The first-order valence-electron chi connectivity index (χ1n) is 10.2. The summed E-state index contributed by atoms with van der Waals surface area (Å²) in [6.07, 6.45) is 0.895. The highest BCUT2D eigenvalue weighted by atomic mass is 32.2. The second-order valence-electron chi connectivity index (χ2n) is 7.51. The number of imide groups is 1. The lowest BCUT2D eigenvalue weighted by molar-refractivity contribution is -0.117. The van der Waals surface area contributed by atoms with E-state index in [1.807, 2.05) is 44.2 Å². The minimum atomic E-state index is -0.529. The molecule has 0 spiro atoms. The Bertz CT molecular complexity index is 1140. The molecule has 3 aromatic rings. The number of rotatable bonds is 7. The van der Waals surface area contributed by atoms with Crippen molar-refractivity contribution in [3.8, 4) is 5.69 Å². The molecular formula is C23H26N4O3S. The number of para-hydroxylation sites is 1. The fourth-order valence-corrected chi connectivity index (χ4v) is 3.76. The van der Waals surface area contributed by atoms with Crippen molar-refractivity contribution in [2.75, 3.05) is 12.3 Å². The van der Waals surface area contributed by atoms with Gasteiger partial charge in [0.25, 0.3) is 5.56 Å². The Hall–Kier alpha value is -3.13. The topological polar surface area (TPSA) is 93.1 Å². The van der Waals surface area contributed by atoms with Crippen LogP contribution in [0.25, 0.3) is 16.6 Å². The molecule has 0 saturated carbocycles. The maximum absolute atomic E-state index is 13.2. The standard InChI is InChI=1S/C23H26N4O3S/c1-4-16-9-11-17(12-10-16)27-21(29)18-7-5-6-8-19(18)25-23(27)31-14-20(28)26-22(30)24-13-15(2)3/h5-12,15H,4,13-14H2,1-3H3,(H2,24,26,28,30). The van der Waals surface area contributed by atoms with Crippen molar-refractivity contribution in [2.45, 2.75) is 32.3 Å². The summed E-state index contributed by atoms with van der Waals surface area (Å²) < 4.78 is 1.51. The molecule has 2 N–H and O–H groups in total. The van der Waals surface area contributed by atoms with Crippen LogP contribution in [0.2, 0.25) is 0 Å². The van der Waals surface area contributed by atoms with Gasteiger partial charge in [-0.3, -0.25) is 19.5 Å². The van der Waals surface area contributed by atoms with E-state index in [0.29, 0.717) is 28.3 Å². The molecule has 0 aliphatic heterocycles. The molecule has 1 heterocycles. The van der Waals surface area contributed by atoms with Crippen molar-refractivity contribution in [1.82, 2.24) is 20.2 Å². The minimum Gasteiger partial charge on any atom is -0.338 e. The average Bonchev–Trinajstić information content (AvgIpc) is 2.76. The van der Waals surface area contributed by atoms with E-state index in [0.717, 1.165) is 23.7 Å². The van der Waals surface area contributed by atoms with E-state index in [-0.39, 0.29) is 17.2 Å². The van der Waals surface area contributed by atoms with Crippen molar-refractivity contribution in [1.29, 1.82) is 0 Å². The maximum atomic E-state index is 13.2. The monoisotopic (exact) mass is 438 g/mol. The molecule has 0 bridgehead atoms. The third kappa shape index (κ3) is 5.73. The number of benzene rings is 2. The van der Waals surface area contributed by atoms with E-state index >= 15 is 0 Å². The first kappa shape index (κ1) is 22.6. The van der Waals surface area contributed by atoms with Crippen LogP contribution < -0.4 is 16.2 Å². The Morgan fingerprint density at radius 3 is 2.48 bits per heavy atom. The Morgan fingerprint density at radius 1 is 1.10 bits per heavy atom. The molecule has 2 aromatic carbocycles. The zero-order valence-electron chi connectivity index (χ0n) is 17.8. The van der Waals surface area contributed by atoms with Gasteiger partial charge in [-0.1, -0.05) is 56.8 Å². The lowest BCUT2D eigenvalue weighted by Gasteiger charge is -2.14. The third-order valence-electron chi connectivity index (χ3n) is 4.60. The number of carbonyl (C=O) groups is 2. The third-order valence-corrected chi connectivity index (χ3v) is 5.54. The van der Waals surface area contributed by atoms with E-state index < -0.39 is 11.9 Å². The summed E-state index contributed by atoms with van der Waals surface area (Å²) in [6.45, 7) is 6.48. The Kier molecular flexibility index (Phi) is 7.46. The van der Waals surface area contributed by atoms with Gasteiger partial charge < -0.3 is 5.32 Å². The number of thioether (sulfide) groups is 1. The van der Waals surface area contributed by atoms with E-state index in [2.05, 4.69) is 22.5 Å². The summed E-state index contributed by atoms with van der Waals surface area (Å²) in [5, 5.41) is 5.85. The number of hydrogen-bond donors (Lipinski definition) is 2. The number of aromatic nitrogens is 2. The summed E-state index contributed by atoms with van der Waals surface area (Å²) >= 11 is 1.12. The minimum absolute atomic E-state index is 0.0487. The lowest BCUT2D eigenvalue weighted by atomic mass is 10.1. The van der Waals surface area contributed by atoms with E-state index in [1.165, 1.54) is 4.57 Å². The number of aryl methyl sites for hydroxylation is 1. The number of nitrogens with one attached hydrogen (secondary N) is 2. The van der Waals surface area contributed by atoms with E-state index in [4.69, 9.17) is 0 Å². The molecule has 3 amide bonds. The van der Waals surface area contributed by atoms with Crippen LogP contribution in [0.3, 0.4) is 0 Å². The maximum Gasteiger partial charge on any atom is 0.321 e. The van der Waals surface area contributed by atoms with Crippen molar-refractivity contribution >= 4 is 34.6 Å². The molecule has 8 heteroatoms. The fourth-order valence-electron chi connectivity index (χ4n) is 2.95. The van der Waals surface area contributed by atoms with Crippen molar-refractivity contribution in [2.24, 2.45) is 5.92 Å². The van der Waals surface area contributed by atoms with Crippen LogP contribution >= 0.6 is 11.8 Å². The zero-order chi connectivity index (χ0) is 22.4. The zero-order valence-corrected chi connectivity index (χ0v) is 18.7. The highest BCUT2D eigenvalue weighted by Gasteiger charge is 2.16. The van der Waals surface area contributed by atoms with Crippen LogP contribution in [0.15, 0.2) is 58.5 Å². The largest absolute Gasteiger partial charge is 0.338 e. The van der Waals surface area contributed by atoms with E-state index in [9.17, 15) is 14.4 Å². The van der Waals surface area contributed by atoms with Gasteiger partial charge in [-0.15, -0.1) is 0 Å². The average molecular weight is 439 g/mol. The smallest absolute Gasteiger partial charge is 0.321 e. The summed E-state index contributed by atoms with van der Waals surface area (Å²) in [6, 6.07) is 14.3. The number of fused-ring (bicyclic) bond motifs is 1. The van der Waals surface area contributed by atoms with E-state index in [1.54, 1.807) is 18.2 Å². The van der Waals surface area contributed by atoms with Crippen LogP contribution in [-0.4, -0.2) is 33.8 Å². The highest BCUT2D eigenvalue weighted by Crippen LogP contribution is 2.21.